The second-order valence-electron chi connectivity index (χ2n) is 5.86. The van der Waals surface area contributed by atoms with Crippen LogP contribution in [0.15, 0.2) is 36.4 Å². The van der Waals surface area contributed by atoms with Crippen LogP contribution >= 0.6 is 0 Å². The summed E-state index contributed by atoms with van der Waals surface area (Å²) in [6.45, 7) is 11.5. The highest BCUT2D eigenvalue weighted by Crippen LogP contribution is 2.27. The van der Waals surface area contributed by atoms with Crippen LogP contribution in [0.2, 0.25) is 0 Å². The van der Waals surface area contributed by atoms with Crippen LogP contribution in [-0.4, -0.2) is 0 Å². The van der Waals surface area contributed by atoms with Gasteiger partial charge in [-0.25, -0.2) is 0 Å². The molecule has 20 heavy (non-hydrogen) atoms. The second kappa shape index (κ2) is 6.13. The fourth-order valence-corrected chi connectivity index (χ4v) is 2.68. The molecule has 1 nitrogen and oxygen atoms in total. The number of ether oxygens (including phenoxy) is 1. The first-order chi connectivity index (χ1) is 9.49. The van der Waals surface area contributed by atoms with Gasteiger partial charge in [-0.1, -0.05) is 49.7 Å². The molecule has 2 aromatic rings. The summed E-state index contributed by atoms with van der Waals surface area (Å²) in [6.07, 6.45) is 0. The zero-order valence-corrected chi connectivity index (χ0v) is 13.2. The summed E-state index contributed by atoms with van der Waals surface area (Å²) in [5.41, 5.74) is 6.50. The number of hydrogen-bond acceptors (Lipinski definition) is 1. The van der Waals surface area contributed by atoms with E-state index in [2.05, 4.69) is 65.0 Å². The number of aryl methyl sites for hydroxylation is 3. The van der Waals surface area contributed by atoms with E-state index in [0.29, 0.717) is 12.5 Å². The molecule has 2 rings (SSSR count). The van der Waals surface area contributed by atoms with Gasteiger partial charge in [0.25, 0.3) is 0 Å². The first-order valence-electron chi connectivity index (χ1n) is 7.27. The maximum atomic E-state index is 6.09. The van der Waals surface area contributed by atoms with Crippen LogP contribution in [-0.2, 0) is 6.61 Å². The van der Waals surface area contributed by atoms with E-state index < -0.39 is 0 Å². The molecule has 106 valence electrons. The minimum Gasteiger partial charge on any atom is -0.489 e. The van der Waals surface area contributed by atoms with Crippen molar-refractivity contribution < 1.29 is 4.74 Å². The monoisotopic (exact) mass is 268 g/mol. The standard InChI is InChI=1S/C19H24O/c1-13(2)17-8-6-7-9-19(17)20-12-18-15(4)10-14(3)11-16(18)5/h6-11,13H,12H2,1-5H3. The van der Waals surface area contributed by atoms with Gasteiger partial charge in [-0.2, -0.15) is 0 Å². The SMILES string of the molecule is Cc1cc(C)c(COc2ccccc2C(C)C)c(C)c1. The summed E-state index contributed by atoms with van der Waals surface area (Å²) in [6, 6.07) is 12.8. The summed E-state index contributed by atoms with van der Waals surface area (Å²) in [7, 11) is 0. The highest BCUT2D eigenvalue weighted by Gasteiger charge is 2.09. The molecule has 0 aliphatic carbocycles. The maximum Gasteiger partial charge on any atom is 0.123 e. The minimum absolute atomic E-state index is 0.478. The van der Waals surface area contributed by atoms with Crippen LogP contribution in [0.3, 0.4) is 0 Å². The first-order valence-corrected chi connectivity index (χ1v) is 7.27. The van der Waals surface area contributed by atoms with Crippen LogP contribution in [0.4, 0.5) is 0 Å². The molecule has 0 radical (unpaired) electrons. The molecule has 0 atom stereocenters. The zero-order valence-electron chi connectivity index (χ0n) is 13.2. The molecule has 1 heteroatoms. The van der Waals surface area contributed by atoms with Crippen molar-refractivity contribution in [3.8, 4) is 5.75 Å². The molecule has 0 aliphatic rings. The molecule has 0 aliphatic heterocycles. The Hall–Kier alpha value is -1.76. The van der Waals surface area contributed by atoms with E-state index in [1.165, 1.54) is 27.8 Å². The van der Waals surface area contributed by atoms with E-state index in [1.54, 1.807) is 0 Å². The molecule has 2 aromatic carbocycles. The molecule has 0 saturated carbocycles. The number of para-hydroxylation sites is 1. The third-order valence-electron chi connectivity index (χ3n) is 3.75. The molecule has 0 unspecified atom stereocenters. The largest absolute Gasteiger partial charge is 0.489 e. The van der Waals surface area contributed by atoms with Gasteiger partial charge in [0.2, 0.25) is 0 Å². The van der Waals surface area contributed by atoms with Crippen molar-refractivity contribution in [1.29, 1.82) is 0 Å². The Balaban J connectivity index is 2.22. The van der Waals surface area contributed by atoms with Gasteiger partial charge in [0, 0.05) is 0 Å². The predicted molar refractivity (Wildman–Crippen MR) is 85.5 cm³/mol. The van der Waals surface area contributed by atoms with Crippen LogP contribution in [0.5, 0.6) is 5.75 Å². The van der Waals surface area contributed by atoms with Gasteiger partial charge >= 0.3 is 0 Å². The molecular weight excluding hydrogens is 244 g/mol. The van der Waals surface area contributed by atoms with Gasteiger partial charge in [-0.3, -0.25) is 0 Å². The van der Waals surface area contributed by atoms with Crippen molar-refractivity contribution in [3.63, 3.8) is 0 Å². The maximum absolute atomic E-state index is 6.09. The van der Waals surface area contributed by atoms with Gasteiger partial charge in [-0.15, -0.1) is 0 Å². The van der Waals surface area contributed by atoms with Crippen LogP contribution in [0.1, 0.15) is 47.6 Å². The molecule has 0 amide bonds. The fraction of sp³-hybridized carbons (Fsp3) is 0.368. The number of rotatable bonds is 4. The van der Waals surface area contributed by atoms with E-state index >= 15 is 0 Å². The van der Waals surface area contributed by atoms with Crippen LogP contribution in [0, 0.1) is 20.8 Å². The molecule has 0 N–H and O–H groups in total. The molecule has 0 bridgehead atoms. The summed E-state index contributed by atoms with van der Waals surface area (Å²) >= 11 is 0. The molecule has 0 heterocycles. The Kier molecular flexibility index (Phi) is 4.49. The van der Waals surface area contributed by atoms with Crippen molar-refractivity contribution in [2.75, 3.05) is 0 Å². The smallest absolute Gasteiger partial charge is 0.123 e. The van der Waals surface area contributed by atoms with E-state index in [1.807, 2.05) is 6.07 Å². The highest BCUT2D eigenvalue weighted by atomic mass is 16.5. The van der Waals surface area contributed by atoms with E-state index in [-0.39, 0.29) is 0 Å². The van der Waals surface area contributed by atoms with Gasteiger partial charge in [0.15, 0.2) is 0 Å². The third-order valence-corrected chi connectivity index (χ3v) is 3.75. The third kappa shape index (κ3) is 3.22. The van der Waals surface area contributed by atoms with Crippen molar-refractivity contribution in [1.82, 2.24) is 0 Å². The topological polar surface area (TPSA) is 9.23 Å². The highest BCUT2D eigenvalue weighted by molar-refractivity contribution is 5.39. The average Bonchev–Trinajstić information content (AvgIpc) is 2.37. The molecule has 0 aromatic heterocycles. The van der Waals surface area contributed by atoms with Crippen molar-refractivity contribution in [2.24, 2.45) is 0 Å². The van der Waals surface area contributed by atoms with Gasteiger partial charge in [-0.05, 0) is 55.0 Å². The van der Waals surface area contributed by atoms with E-state index in [9.17, 15) is 0 Å². The Labute approximate surface area is 122 Å². The van der Waals surface area contributed by atoms with E-state index in [4.69, 9.17) is 4.74 Å². The predicted octanol–water partition coefficient (Wildman–Crippen LogP) is 5.31. The summed E-state index contributed by atoms with van der Waals surface area (Å²) in [4.78, 5) is 0. The Morgan fingerprint density at radius 2 is 1.55 bits per heavy atom. The Bertz CT molecular complexity index is 573. The molecule has 0 spiro atoms. The normalized spacial score (nSPS) is 10.9. The fourth-order valence-electron chi connectivity index (χ4n) is 2.68. The number of hydrogen-bond donors (Lipinski definition) is 0. The van der Waals surface area contributed by atoms with Crippen molar-refractivity contribution >= 4 is 0 Å². The summed E-state index contributed by atoms with van der Waals surface area (Å²) < 4.78 is 6.09. The average molecular weight is 268 g/mol. The Morgan fingerprint density at radius 1 is 0.950 bits per heavy atom. The lowest BCUT2D eigenvalue weighted by Gasteiger charge is -2.16. The van der Waals surface area contributed by atoms with Gasteiger partial charge in [0.05, 0.1) is 0 Å². The summed E-state index contributed by atoms with van der Waals surface area (Å²) in [5, 5.41) is 0. The van der Waals surface area contributed by atoms with E-state index in [0.717, 1.165) is 5.75 Å². The number of benzene rings is 2. The van der Waals surface area contributed by atoms with Gasteiger partial charge in [0.1, 0.15) is 12.4 Å². The lowest BCUT2D eigenvalue weighted by molar-refractivity contribution is 0.300. The Morgan fingerprint density at radius 3 is 2.15 bits per heavy atom. The van der Waals surface area contributed by atoms with Crippen LogP contribution < -0.4 is 4.74 Å². The minimum atomic E-state index is 0.478. The van der Waals surface area contributed by atoms with Crippen molar-refractivity contribution in [3.05, 3.63) is 64.2 Å². The molecule has 0 saturated heterocycles. The zero-order chi connectivity index (χ0) is 14.7. The van der Waals surface area contributed by atoms with Crippen molar-refractivity contribution in [2.45, 2.75) is 47.1 Å². The summed E-state index contributed by atoms with van der Waals surface area (Å²) in [5.74, 6) is 1.48. The molecule has 0 fully saturated rings. The quantitative estimate of drug-likeness (QED) is 0.729. The second-order valence-corrected chi connectivity index (χ2v) is 5.86. The first kappa shape index (κ1) is 14.6. The lowest BCUT2D eigenvalue weighted by Crippen LogP contribution is -2.03. The van der Waals surface area contributed by atoms with Crippen LogP contribution in [0.25, 0.3) is 0 Å². The lowest BCUT2D eigenvalue weighted by atomic mass is 10.00. The van der Waals surface area contributed by atoms with Gasteiger partial charge < -0.3 is 4.74 Å². The molecular formula is C19H24O.